The number of likely N-dealkylation sites (tertiary alicyclic amines) is 1. The number of fused-ring (bicyclic) bond motifs is 1. The molecular weight excluding hydrogens is 532 g/mol. The Balaban J connectivity index is 1.13. The lowest BCUT2D eigenvalue weighted by Gasteiger charge is -2.31. The molecular formula is C30H32N2O7S. The van der Waals surface area contributed by atoms with E-state index in [2.05, 4.69) is 9.74 Å². The number of piperidine rings is 1. The molecule has 3 aromatic rings. The van der Waals surface area contributed by atoms with E-state index >= 15 is 0 Å². The lowest BCUT2D eigenvalue weighted by Crippen LogP contribution is -2.36. The van der Waals surface area contributed by atoms with Gasteiger partial charge in [0.25, 0.3) is 5.09 Å². The van der Waals surface area contributed by atoms with Gasteiger partial charge in [-0.25, -0.2) is 0 Å². The Morgan fingerprint density at radius 2 is 1.82 bits per heavy atom. The van der Waals surface area contributed by atoms with Gasteiger partial charge in [0.2, 0.25) is 0 Å². The highest BCUT2D eigenvalue weighted by Gasteiger charge is 2.20. The van der Waals surface area contributed by atoms with Crippen LogP contribution in [0.3, 0.4) is 0 Å². The van der Waals surface area contributed by atoms with Crippen LogP contribution in [-0.4, -0.2) is 53.7 Å². The van der Waals surface area contributed by atoms with E-state index in [-0.39, 0.29) is 18.1 Å². The van der Waals surface area contributed by atoms with E-state index in [1.54, 1.807) is 18.2 Å². The lowest BCUT2D eigenvalue weighted by atomic mass is 9.92. The molecule has 10 heteroatoms. The van der Waals surface area contributed by atoms with Crippen LogP contribution in [0.5, 0.6) is 23.0 Å². The Hall–Kier alpha value is -3.89. The van der Waals surface area contributed by atoms with Gasteiger partial charge in [0.05, 0.1) is 11.5 Å². The number of rotatable bonds is 12. The molecule has 2 aliphatic rings. The van der Waals surface area contributed by atoms with Gasteiger partial charge in [-0.2, -0.15) is 0 Å². The third-order valence-electron chi connectivity index (χ3n) is 7.24. The number of hydrogen-bond donors (Lipinski definition) is 1. The van der Waals surface area contributed by atoms with Crippen LogP contribution >= 0.6 is 11.3 Å². The first-order valence-electron chi connectivity index (χ1n) is 13.5. The SMILES string of the molecule is O=C1C=CC(c2sc3cc(O)ccc3c2Oc2ccc(OCCN3CCC(CCCO[N+](=O)[O-])CC3)cc2)=CC1. The van der Waals surface area contributed by atoms with Gasteiger partial charge < -0.3 is 19.4 Å². The summed E-state index contributed by atoms with van der Waals surface area (Å²) in [5.74, 6) is 3.00. The van der Waals surface area contributed by atoms with Gasteiger partial charge in [0.1, 0.15) is 23.9 Å². The maximum Gasteiger partial charge on any atom is 0.294 e. The molecule has 2 aromatic carbocycles. The van der Waals surface area contributed by atoms with E-state index in [9.17, 15) is 20.0 Å². The van der Waals surface area contributed by atoms with E-state index in [0.717, 1.165) is 71.6 Å². The molecule has 0 atom stereocenters. The first kappa shape index (κ1) is 27.7. The van der Waals surface area contributed by atoms with E-state index in [0.29, 0.717) is 30.4 Å². The first-order valence-corrected chi connectivity index (χ1v) is 14.3. The summed E-state index contributed by atoms with van der Waals surface area (Å²) in [4.78, 5) is 29.6. The molecule has 0 unspecified atom stereocenters. The second-order valence-corrected chi connectivity index (χ2v) is 11.1. The fourth-order valence-electron chi connectivity index (χ4n) is 5.07. The highest BCUT2D eigenvalue weighted by molar-refractivity contribution is 7.20. The average molecular weight is 565 g/mol. The van der Waals surface area contributed by atoms with Crippen molar-refractivity contribution in [1.29, 1.82) is 0 Å². The Kier molecular flexibility index (Phi) is 8.98. The highest BCUT2D eigenvalue weighted by Crippen LogP contribution is 2.45. The van der Waals surface area contributed by atoms with Crippen molar-refractivity contribution in [3.63, 3.8) is 0 Å². The third-order valence-corrected chi connectivity index (χ3v) is 8.43. The molecule has 1 saturated heterocycles. The number of carbonyl (C=O) groups is 1. The van der Waals surface area contributed by atoms with Gasteiger partial charge in [-0.05, 0) is 98.8 Å². The van der Waals surface area contributed by atoms with Gasteiger partial charge >= 0.3 is 0 Å². The summed E-state index contributed by atoms with van der Waals surface area (Å²) < 4.78 is 13.3. The summed E-state index contributed by atoms with van der Waals surface area (Å²) in [6, 6.07) is 12.8. The average Bonchev–Trinajstić information content (AvgIpc) is 3.30. The number of benzene rings is 2. The molecule has 1 aliphatic heterocycles. The largest absolute Gasteiger partial charge is 0.508 e. The van der Waals surface area contributed by atoms with Crippen molar-refractivity contribution in [3.05, 3.63) is 75.7 Å². The summed E-state index contributed by atoms with van der Waals surface area (Å²) in [6.45, 7) is 3.62. The second kappa shape index (κ2) is 13.0. The van der Waals surface area contributed by atoms with Crippen LogP contribution < -0.4 is 9.47 Å². The predicted molar refractivity (Wildman–Crippen MR) is 154 cm³/mol. The number of thiophene rings is 1. The van der Waals surface area contributed by atoms with Gasteiger partial charge in [0.15, 0.2) is 11.5 Å². The predicted octanol–water partition coefficient (Wildman–Crippen LogP) is 6.39. The van der Waals surface area contributed by atoms with Crippen LogP contribution in [0.15, 0.2) is 60.7 Å². The molecule has 5 rings (SSSR count). The van der Waals surface area contributed by atoms with E-state index < -0.39 is 5.09 Å². The quantitative estimate of drug-likeness (QED) is 0.153. The number of aromatic hydroxyl groups is 1. The molecule has 1 N–H and O–H groups in total. The first-order chi connectivity index (χ1) is 19.4. The molecule has 0 radical (unpaired) electrons. The van der Waals surface area contributed by atoms with Crippen LogP contribution in [0.4, 0.5) is 0 Å². The molecule has 1 aliphatic carbocycles. The normalized spacial score (nSPS) is 16.2. The highest BCUT2D eigenvalue weighted by atomic mass is 32.1. The molecule has 40 heavy (non-hydrogen) atoms. The van der Waals surface area contributed by atoms with E-state index in [1.807, 2.05) is 42.5 Å². The number of phenols is 1. The molecule has 210 valence electrons. The fraction of sp³-hybridized carbons (Fsp3) is 0.367. The van der Waals surface area contributed by atoms with Crippen molar-refractivity contribution in [2.45, 2.75) is 32.1 Å². The monoisotopic (exact) mass is 564 g/mol. The van der Waals surface area contributed by atoms with Crippen molar-refractivity contribution in [3.8, 4) is 23.0 Å². The summed E-state index contributed by atoms with van der Waals surface area (Å²) in [5.41, 5.74) is 0.933. The lowest BCUT2D eigenvalue weighted by molar-refractivity contribution is -0.757. The smallest absolute Gasteiger partial charge is 0.294 e. The summed E-state index contributed by atoms with van der Waals surface area (Å²) >= 11 is 1.52. The molecule has 0 spiro atoms. The van der Waals surface area contributed by atoms with E-state index in [4.69, 9.17) is 9.47 Å². The zero-order valence-corrected chi connectivity index (χ0v) is 22.9. The van der Waals surface area contributed by atoms with E-state index in [1.165, 1.54) is 11.3 Å². The summed E-state index contributed by atoms with van der Waals surface area (Å²) in [7, 11) is 0. The minimum absolute atomic E-state index is 0.0722. The van der Waals surface area contributed by atoms with Crippen molar-refractivity contribution in [1.82, 2.24) is 4.90 Å². The van der Waals surface area contributed by atoms with Crippen molar-refractivity contribution in [2.75, 3.05) is 32.8 Å². The molecule has 0 bridgehead atoms. The van der Waals surface area contributed by atoms with Crippen molar-refractivity contribution < 1.29 is 29.3 Å². The number of hydrogen-bond acceptors (Lipinski definition) is 9. The van der Waals surface area contributed by atoms with Crippen LogP contribution in [0.1, 0.15) is 37.0 Å². The number of carbonyl (C=O) groups excluding carboxylic acids is 1. The maximum atomic E-state index is 11.7. The Labute approximate surface area is 236 Å². The van der Waals surface area contributed by atoms with Gasteiger partial charge in [0, 0.05) is 23.1 Å². The Morgan fingerprint density at radius 1 is 1.05 bits per heavy atom. The van der Waals surface area contributed by atoms with Gasteiger partial charge in [-0.1, -0.05) is 12.2 Å². The molecule has 0 amide bonds. The maximum absolute atomic E-state index is 11.7. The third kappa shape index (κ3) is 7.19. The summed E-state index contributed by atoms with van der Waals surface area (Å²) in [6.07, 6.45) is 9.54. The molecule has 9 nitrogen and oxygen atoms in total. The zero-order valence-electron chi connectivity index (χ0n) is 22.1. The zero-order chi connectivity index (χ0) is 27.9. The minimum atomic E-state index is -0.726. The minimum Gasteiger partial charge on any atom is -0.508 e. The fourth-order valence-corrected chi connectivity index (χ4v) is 6.26. The standard InChI is InChI=1S/C30H32N2O7S/c33-23-5-3-22(4-6-23)30-29(27-12-7-24(34)20-28(27)40-30)39-26-10-8-25(9-11-26)37-19-17-31-15-13-21(14-16-31)2-1-18-38-32(35)36/h3-5,7-12,20-21,34H,1-2,6,13-19H2. The van der Waals surface area contributed by atoms with Crippen LogP contribution in [-0.2, 0) is 9.63 Å². The topological polar surface area (TPSA) is 111 Å². The molecule has 2 heterocycles. The number of phenolic OH excluding ortho intramolecular Hbond substituents is 1. The molecule has 1 aromatic heterocycles. The van der Waals surface area contributed by atoms with Gasteiger partial charge in [-0.15, -0.1) is 21.5 Å². The van der Waals surface area contributed by atoms with Crippen molar-refractivity contribution >= 4 is 32.8 Å². The second-order valence-electron chi connectivity index (χ2n) is 10.0. The Bertz CT molecular complexity index is 1410. The Morgan fingerprint density at radius 3 is 2.55 bits per heavy atom. The van der Waals surface area contributed by atoms with Crippen LogP contribution in [0, 0.1) is 16.0 Å². The van der Waals surface area contributed by atoms with Crippen molar-refractivity contribution in [2.24, 2.45) is 5.92 Å². The van der Waals surface area contributed by atoms with Crippen LogP contribution in [0.25, 0.3) is 15.7 Å². The molecule has 1 fully saturated rings. The van der Waals surface area contributed by atoms with Crippen LogP contribution in [0.2, 0.25) is 0 Å². The number of ether oxygens (including phenoxy) is 2. The molecule has 0 saturated carbocycles. The number of ketones is 1. The number of nitrogens with zero attached hydrogens (tertiary/aromatic N) is 2. The summed E-state index contributed by atoms with van der Waals surface area (Å²) in [5, 5.41) is 20.4. The number of allylic oxidation sites excluding steroid dienone is 4. The van der Waals surface area contributed by atoms with Gasteiger partial charge in [-0.3, -0.25) is 9.69 Å².